The van der Waals surface area contributed by atoms with Crippen LogP contribution in [0.5, 0.6) is 11.5 Å². The summed E-state index contributed by atoms with van der Waals surface area (Å²) in [7, 11) is 0. The fourth-order valence-electron chi connectivity index (χ4n) is 2.87. The molecule has 1 aromatic heterocycles. The van der Waals surface area contributed by atoms with Crippen molar-refractivity contribution in [1.29, 1.82) is 0 Å². The lowest BCUT2D eigenvalue weighted by Crippen LogP contribution is -2.45. The van der Waals surface area contributed by atoms with Gasteiger partial charge in [0.2, 0.25) is 0 Å². The highest BCUT2D eigenvalue weighted by atomic mass is 32.1. The molecular weight excluding hydrogens is 341 g/mol. The molecule has 1 aliphatic rings. The second kappa shape index (κ2) is 7.00. The third-order valence-corrected chi connectivity index (χ3v) is 4.78. The number of hydrogen-bond acceptors (Lipinski definition) is 5. The first-order chi connectivity index (χ1) is 11.4. The molecular formula is C16H17F3N2O2S. The molecule has 8 heteroatoms. The van der Waals surface area contributed by atoms with Gasteiger partial charge in [-0.05, 0) is 29.6 Å². The zero-order valence-electron chi connectivity index (χ0n) is 12.7. The highest BCUT2D eigenvalue weighted by Crippen LogP contribution is 2.39. The lowest BCUT2D eigenvalue weighted by molar-refractivity contribution is -0.274. The Morgan fingerprint density at radius 3 is 2.58 bits per heavy atom. The molecule has 0 aliphatic carbocycles. The Labute approximate surface area is 141 Å². The molecule has 2 heterocycles. The number of aromatic hydroxyl groups is 1. The maximum absolute atomic E-state index is 12.5. The van der Waals surface area contributed by atoms with E-state index in [1.165, 1.54) is 23.5 Å². The minimum Gasteiger partial charge on any atom is -0.508 e. The summed E-state index contributed by atoms with van der Waals surface area (Å²) in [4.78, 5) is 3.12. The van der Waals surface area contributed by atoms with Gasteiger partial charge in [-0.3, -0.25) is 4.90 Å². The Balaban J connectivity index is 1.99. The SMILES string of the molecule is Oc1ccc(OC(F)(F)F)cc1[C@H](c1cccs1)N1CCNCC1. The minimum atomic E-state index is -4.76. The van der Waals surface area contributed by atoms with E-state index < -0.39 is 6.36 Å². The van der Waals surface area contributed by atoms with Gasteiger partial charge < -0.3 is 15.2 Å². The van der Waals surface area contributed by atoms with Crippen molar-refractivity contribution in [2.45, 2.75) is 12.4 Å². The van der Waals surface area contributed by atoms with E-state index in [2.05, 4.69) is 15.0 Å². The van der Waals surface area contributed by atoms with Crippen LogP contribution >= 0.6 is 11.3 Å². The summed E-state index contributed by atoms with van der Waals surface area (Å²) < 4.78 is 41.5. The van der Waals surface area contributed by atoms with Crippen LogP contribution in [0, 0.1) is 0 Å². The Bertz CT molecular complexity index is 670. The van der Waals surface area contributed by atoms with Gasteiger partial charge in [0.25, 0.3) is 0 Å². The van der Waals surface area contributed by atoms with Crippen molar-refractivity contribution in [3.05, 3.63) is 46.2 Å². The van der Waals surface area contributed by atoms with Crippen LogP contribution in [0.4, 0.5) is 13.2 Å². The van der Waals surface area contributed by atoms with Gasteiger partial charge >= 0.3 is 6.36 Å². The van der Waals surface area contributed by atoms with Crippen molar-refractivity contribution in [3.63, 3.8) is 0 Å². The lowest BCUT2D eigenvalue weighted by atomic mass is 10.0. The molecule has 24 heavy (non-hydrogen) atoms. The molecule has 2 N–H and O–H groups in total. The standard InChI is InChI=1S/C16H17F3N2O2S/c17-16(18,19)23-11-3-4-13(22)12(10-11)15(14-2-1-9-24-14)21-7-5-20-6-8-21/h1-4,9-10,15,20,22H,5-8H2/t15-/m1/s1. The van der Waals surface area contributed by atoms with Gasteiger partial charge in [0.05, 0.1) is 6.04 Å². The second-order valence-electron chi connectivity index (χ2n) is 5.47. The Kier molecular flexibility index (Phi) is 4.98. The van der Waals surface area contributed by atoms with E-state index in [0.29, 0.717) is 5.56 Å². The van der Waals surface area contributed by atoms with Crippen LogP contribution in [-0.4, -0.2) is 42.5 Å². The number of rotatable bonds is 4. The quantitative estimate of drug-likeness (QED) is 0.880. The number of benzene rings is 1. The number of hydrogen-bond donors (Lipinski definition) is 2. The van der Waals surface area contributed by atoms with E-state index in [0.717, 1.165) is 37.1 Å². The Hall–Kier alpha value is -1.77. The number of phenols is 1. The van der Waals surface area contributed by atoms with Crippen LogP contribution in [0.3, 0.4) is 0 Å². The first kappa shape index (κ1) is 17.1. The van der Waals surface area contributed by atoms with Crippen molar-refractivity contribution < 1.29 is 23.0 Å². The largest absolute Gasteiger partial charge is 0.573 e. The number of ether oxygens (including phenoxy) is 1. The van der Waals surface area contributed by atoms with Crippen molar-refractivity contribution in [1.82, 2.24) is 10.2 Å². The minimum absolute atomic E-state index is 0.0403. The second-order valence-corrected chi connectivity index (χ2v) is 6.45. The van der Waals surface area contributed by atoms with Gasteiger partial charge in [-0.2, -0.15) is 0 Å². The molecule has 0 radical (unpaired) electrons. The zero-order valence-corrected chi connectivity index (χ0v) is 13.5. The first-order valence-electron chi connectivity index (χ1n) is 7.51. The van der Waals surface area contributed by atoms with Gasteiger partial charge in [0.15, 0.2) is 0 Å². The Morgan fingerprint density at radius 1 is 1.21 bits per heavy atom. The number of nitrogens with zero attached hydrogens (tertiary/aromatic N) is 1. The van der Waals surface area contributed by atoms with Crippen molar-refractivity contribution >= 4 is 11.3 Å². The molecule has 1 saturated heterocycles. The summed E-state index contributed by atoms with van der Waals surface area (Å²) >= 11 is 1.51. The molecule has 1 atom stereocenters. The molecule has 0 bridgehead atoms. The molecule has 0 amide bonds. The highest BCUT2D eigenvalue weighted by molar-refractivity contribution is 7.10. The normalized spacial score (nSPS) is 17.6. The summed E-state index contributed by atoms with van der Waals surface area (Å²) in [5.74, 6) is -0.367. The van der Waals surface area contributed by atoms with Gasteiger partial charge in [0, 0.05) is 36.6 Å². The number of piperazine rings is 1. The van der Waals surface area contributed by atoms with Crippen LogP contribution in [0.2, 0.25) is 0 Å². The molecule has 1 aromatic carbocycles. The molecule has 0 saturated carbocycles. The number of alkyl halides is 3. The third kappa shape index (κ3) is 4.00. The summed E-state index contributed by atoms with van der Waals surface area (Å²) in [6.45, 7) is 3.07. The Morgan fingerprint density at radius 2 is 1.96 bits per heavy atom. The molecule has 1 fully saturated rings. The predicted molar refractivity (Wildman–Crippen MR) is 85.4 cm³/mol. The van der Waals surface area contributed by atoms with Gasteiger partial charge in [-0.1, -0.05) is 6.07 Å². The summed E-state index contributed by atoms with van der Waals surface area (Å²) in [5.41, 5.74) is 0.418. The first-order valence-corrected chi connectivity index (χ1v) is 8.39. The van der Waals surface area contributed by atoms with E-state index >= 15 is 0 Å². The van der Waals surface area contributed by atoms with E-state index in [-0.39, 0.29) is 17.5 Å². The average molecular weight is 358 g/mol. The average Bonchev–Trinajstić information content (AvgIpc) is 3.04. The van der Waals surface area contributed by atoms with Crippen molar-refractivity contribution in [3.8, 4) is 11.5 Å². The van der Waals surface area contributed by atoms with Crippen LogP contribution in [0.25, 0.3) is 0 Å². The van der Waals surface area contributed by atoms with E-state index in [4.69, 9.17) is 0 Å². The molecule has 3 rings (SSSR count). The summed E-state index contributed by atoms with van der Waals surface area (Å²) in [6, 6.07) is 7.16. The van der Waals surface area contributed by atoms with Crippen molar-refractivity contribution in [2.75, 3.05) is 26.2 Å². The zero-order chi connectivity index (χ0) is 17.2. The molecule has 130 valence electrons. The van der Waals surface area contributed by atoms with Gasteiger partial charge in [-0.25, -0.2) is 0 Å². The third-order valence-electron chi connectivity index (χ3n) is 3.86. The van der Waals surface area contributed by atoms with E-state index in [9.17, 15) is 18.3 Å². The highest BCUT2D eigenvalue weighted by Gasteiger charge is 2.32. The van der Waals surface area contributed by atoms with Crippen molar-refractivity contribution in [2.24, 2.45) is 0 Å². The lowest BCUT2D eigenvalue weighted by Gasteiger charge is -2.35. The molecule has 1 aliphatic heterocycles. The van der Waals surface area contributed by atoms with E-state index in [1.54, 1.807) is 0 Å². The fraction of sp³-hybridized carbons (Fsp3) is 0.375. The fourth-order valence-corrected chi connectivity index (χ4v) is 3.74. The molecule has 2 aromatic rings. The maximum Gasteiger partial charge on any atom is 0.573 e. The van der Waals surface area contributed by atoms with E-state index in [1.807, 2.05) is 17.5 Å². The summed E-state index contributed by atoms with van der Waals surface area (Å²) in [5, 5.41) is 15.4. The monoisotopic (exact) mass is 358 g/mol. The number of halogens is 3. The number of nitrogens with one attached hydrogen (secondary N) is 1. The smallest absolute Gasteiger partial charge is 0.508 e. The molecule has 4 nitrogen and oxygen atoms in total. The summed E-state index contributed by atoms with van der Waals surface area (Å²) in [6.07, 6.45) is -4.76. The predicted octanol–water partition coefficient (Wildman–Crippen LogP) is 3.35. The van der Waals surface area contributed by atoms with Crippen LogP contribution in [-0.2, 0) is 0 Å². The van der Waals surface area contributed by atoms with Crippen LogP contribution in [0.1, 0.15) is 16.5 Å². The molecule has 0 unspecified atom stereocenters. The maximum atomic E-state index is 12.5. The van der Waals surface area contributed by atoms with Crippen LogP contribution < -0.4 is 10.1 Å². The van der Waals surface area contributed by atoms with Gasteiger partial charge in [-0.15, -0.1) is 24.5 Å². The van der Waals surface area contributed by atoms with Gasteiger partial charge in [0.1, 0.15) is 11.5 Å². The molecule has 0 spiro atoms. The number of phenolic OH excluding ortho intramolecular Hbond substituents is 1. The topological polar surface area (TPSA) is 44.7 Å². The van der Waals surface area contributed by atoms with Crippen LogP contribution in [0.15, 0.2) is 35.7 Å². The number of thiophene rings is 1.